The van der Waals surface area contributed by atoms with Crippen molar-refractivity contribution in [1.82, 2.24) is 5.32 Å². The number of hydrogen-bond donors (Lipinski definition) is 1. The molecule has 0 aliphatic heterocycles. The lowest BCUT2D eigenvalue weighted by Gasteiger charge is -2.40. The predicted molar refractivity (Wildman–Crippen MR) is 217 cm³/mol. The van der Waals surface area contributed by atoms with Gasteiger partial charge in [-0.1, -0.05) is 202 Å². The summed E-state index contributed by atoms with van der Waals surface area (Å²) in [5, 5.41) is 3.75. The molecule has 0 aliphatic rings. The highest BCUT2D eigenvalue weighted by molar-refractivity contribution is 5.77. The molecule has 0 aliphatic carbocycles. The number of nitrogens with one attached hydrogen (secondary N) is 1. The van der Waals surface area contributed by atoms with E-state index in [1.807, 2.05) is 68.4 Å². The van der Waals surface area contributed by atoms with Gasteiger partial charge in [-0.25, -0.2) is 0 Å². The molecule has 290 valence electrons. The highest BCUT2D eigenvalue weighted by atomic mass is 16.5. The van der Waals surface area contributed by atoms with E-state index in [1.54, 1.807) is 0 Å². The molecule has 3 aromatic carbocycles. The van der Waals surface area contributed by atoms with Gasteiger partial charge in [0.1, 0.15) is 12.3 Å². The topological polar surface area (TPSA) is 81.7 Å². The Morgan fingerprint density at radius 1 is 0.604 bits per heavy atom. The van der Waals surface area contributed by atoms with Crippen molar-refractivity contribution >= 4 is 18.2 Å². The Hall–Kier alpha value is -3.77. The van der Waals surface area contributed by atoms with E-state index < -0.39 is 23.5 Å². The summed E-state index contributed by atoms with van der Waals surface area (Å²) in [6.07, 6.45) is 20.4. The molecule has 0 spiro atoms. The highest BCUT2D eigenvalue weighted by Gasteiger charge is 2.41. The SMILES string of the molecule is CCCCCCCCCCCCCCCCCC(=O)OCC(CC=O)COC(=O)[C@@H](NC(c1ccccc1)(c1ccccc1)c1ccccc1)C(C)C. The Bertz CT molecular complexity index is 1300. The van der Waals surface area contributed by atoms with E-state index in [0.29, 0.717) is 6.42 Å². The standard InChI is InChI=1S/C47H67NO5/c1-4-5-6-7-8-9-10-11-12-13-14-15-16-17-27-34-44(50)52-37-40(35-36-49)38-53-46(51)45(39(2)3)48-47(41-28-21-18-22-29-41,42-30-23-19-24-31-42)43-32-25-20-26-33-43/h18-26,28-33,36,39-40,45,48H,4-17,27,34-35,37-38H2,1-3H3/t40?,45-/m0/s1. The van der Waals surface area contributed by atoms with Gasteiger partial charge in [-0.3, -0.25) is 14.9 Å². The van der Waals surface area contributed by atoms with Crippen molar-refractivity contribution in [3.63, 3.8) is 0 Å². The molecule has 0 fully saturated rings. The van der Waals surface area contributed by atoms with Gasteiger partial charge < -0.3 is 14.3 Å². The van der Waals surface area contributed by atoms with Crippen LogP contribution in [0.4, 0.5) is 0 Å². The second-order valence-corrected chi connectivity index (χ2v) is 15.0. The first-order valence-corrected chi connectivity index (χ1v) is 20.6. The zero-order valence-corrected chi connectivity index (χ0v) is 32.9. The minimum Gasteiger partial charge on any atom is -0.465 e. The van der Waals surface area contributed by atoms with Crippen molar-refractivity contribution in [1.29, 1.82) is 0 Å². The fourth-order valence-electron chi connectivity index (χ4n) is 7.08. The van der Waals surface area contributed by atoms with Crippen LogP contribution in [0, 0.1) is 11.8 Å². The van der Waals surface area contributed by atoms with Gasteiger partial charge in [0.05, 0.1) is 18.8 Å². The maximum Gasteiger partial charge on any atom is 0.323 e. The molecule has 53 heavy (non-hydrogen) atoms. The van der Waals surface area contributed by atoms with E-state index >= 15 is 0 Å². The van der Waals surface area contributed by atoms with Crippen LogP contribution in [-0.2, 0) is 29.4 Å². The van der Waals surface area contributed by atoms with Crippen molar-refractivity contribution < 1.29 is 23.9 Å². The summed E-state index contributed by atoms with van der Waals surface area (Å²) in [5.41, 5.74) is 2.14. The maximum absolute atomic E-state index is 13.9. The average Bonchev–Trinajstić information content (AvgIpc) is 3.18. The first kappa shape index (κ1) is 43.6. The number of carbonyl (C=O) groups is 3. The van der Waals surface area contributed by atoms with Gasteiger partial charge in [-0.15, -0.1) is 0 Å². The molecular weight excluding hydrogens is 659 g/mol. The van der Waals surface area contributed by atoms with Gasteiger partial charge in [0.15, 0.2) is 0 Å². The van der Waals surface area contributed by atoms with E-state index in [-0.39, 0.29) is 31.5 Å². The van der Waals surface area contributed by atoms with Gasteiger partial charge in [-0.2, -0.15) is 0 Å². The monoisotopic (exact) mass is 726 g/mol. The van der Waals surface area contributed by atoms with Gasteiger partial charge in [0.2, 0.25) is 0 Å². The third kappa shape index (κ3) is 15.6. The third-order valence-electron chi connectivity index (χ3n) is 10.3. The number of benzene rings is 3. The predicted octanol–water partition coefficient (Wildman–Crippen LogP) is 11.1. The Labute approximate surface area is 320 Å². The minimum atomic E-state index is -0.845. The molecule has 2 atom stereocenters. The van der Waals surface area contributed by atoms with Crippen LogP contribution in [-0.4, -0.2) is 37.5 Å². The molecule has 0 aromatic heterocycles. The lowest BCUT2D eigenvalue weighted by atomic mass is 9.76. The first-order valence-electron chi connectivity index (χ1n) is 20.6. The molecule has 0 heterocycles. The second-order valence-electron chi connectivity index (χ2n) is 15.0. The lowest BCUT2D eigenvalue weighted by Crippen LogP contribution is -2.55. The van der Waals surface area contributed by atoms with Crippen molar-refractivity contribution in [2.24, 2.45) is 11.8 Å². The molecule has 1 unspecified atom stereocenters. The Kier molecular flexibility index (Phi) is 21.5. The fraction of sp³-hybridized carbons (Fsp3) is 0.553. The summed E-state index contributed by atoms with van der Waals surface area (Å²) in [7, 11) is 0. The summed E-state index contributed by atoms with van der Waals surface area (Å²) in [4.78, 5) is 38.0. The van der Waals surface area contributed by atoms with Crippen LogP contribution in [0.25, 0.3) is 0 Å². The van der Waals surface area contributed by atoms with Crippen molar-refractivity contribution in [2.45, 2.75) is 142 Å². The van der Waals surface area contributed by atoms with Crippen LogP contribution in [0.3, 0.4) is 0 Å². The number of rotatable bonds is 29. The van der Waals surface area contributed by atoms with Crippen molar-refractivity contribution in [3.05, 3.63) is 108 Å². The zero-order chi connectivity index (χ0) is 38.0. The largest absolute Gasteiger partial charge is 0.465 e. The summed E-state index contributed by atoms with van der Waals surface area (Å²) in [5.74, 6) is -1.19. The van der Waals surface area contributed by atoms with Crippen LogP contribution in [0.15, 0.2) is 91.0 Å². The van der Waals surface area contributed by atoms with E-state index in [9.17, 15) is 14.4 Å². The molecule has 0 amide bonds. The van der Waals surface area contributed by atoms with Gasteiger partial charge in [0.25, 0.3) is 0 Å². The van der Waals surface area contributed by atoms with Crippen LogP contribution in [0.1, 0.15) is 147 Å². The zero-order valence-electron chi connectivity index (χ0n) is 32.9. The van der Waals surface area contributed by atoms with Crippen LogP contribution in [0.5, 0.6) is 0 Å². The van der Waals surface area contributed by atoms with Gasteiger partial charge in [0, 0.05) is 18.8 Å². The molecule has 0 saturated carbocycles. The molecule has 3 aromatic rings. The number of unbranched alkanes of at least 4 members (excludes halogenated alkanes) is 14. The fourth-order valence-corrected chi connectivity index (χ4v) is 7.08. The van der Waals surface area contributed by atoms with E-state index in [0.717, 1.165) is 42.2 Å². The summed E-state index contributed by atoms with van der Waals surface area (Å²) in [6.45, 7) is 6.29. The Balaban J connectivity index is 1.47. The summed E-state index contributed by atoms with van der Waals surface area (Å²) < 4.78 is 11.5. The molecule has 0 radical (unpaired) electrons. The van der Waals surface area contributed by atoms with E-state index in [4.69, 9.17) is 9.47 Å². The number of aldehydes is 1. The minimum absolute atomic E-state index is 0.0102. The summed E-state index contributed by atoms with van der Waals surface area (Å²) in [6, 6.07) is 29.7. The second kappa shape index (κ2) is 26.1. The quantitative estimate of drug-likeness (QED) is 0.0332. The van der Waals surface area contributed by atoms with Crippen LogP contribution in [0.2, 0.25) is 0 Å². The van der Waals surface area contributed by atoms with Crippen LogP contribution < -0.4 is 5.32 Å². The highest BCUT2D eigenvalue weighted by Crippen LogP contribution is 2.38. The number of carbonyl (C=O) groups excluding carboxylic acids is 3. The molecule has 6 heteroatoms. The Morgan fingerprint density at radius 2 is 1.00 bits per heavy atom. The van der Waals surface area contributed by atoms with Crippen LogP contribution >= 0.6 is 0 Å². The average molecular weight is 726 g/mol. The lowest BCUT2D eigenvalue weighted by molar-refractivity contribution is -0.152. The normalized spacial score (nSPS) is 12.7. The molecule has 1 N–H and O–H groups in total. The third-order valence-corrected chi connectivity index (χ3v) is 10.3. The Morgan fingerprint density at radius 3 is 1.40 bits per heavy atom. The number of hydrogen-bond acceptors (Lipinski definition) is 6. The maximum atomic E-state index is 13.9. The first-order chi connectivity index (χ1) is 25.9. The molecular formula is C47H67NO5. The smallest absolute Gasteiger partial charge is 0.323 e. The van der Waals surface area contributed by atoms with E-state index in [2.05, 4.69) is 48.6 Å². The molecule has 6 nitrogen and oxygen atoms in total. The number of ether oxygens (including phenoxy) is 2. The van der Waals surface area contributed by atoms with Crippen molar-refractivity contribution in [2.75, 3.05) is 13.2 Å². The summed E-state index contributed by atoms with van der Waals surface area (Å²) >= 11 is 0. The molecule has 3 rings (SSSR count). The van der Waals surface area contributed by atoms with Gasteiger partial charge >= 0.3 is 11.9 Å². The van der Waals surface area contributed by atoms with Crippen molar-refractivity contribution in [3.8, 4) is 0 Å². The molecule has 0 bridgehead atoms. The van der Waals surface area contributed by atoms with E-state index in [1.165, 1.54) is 77.0 Å². The molecule has 0 saturated heterocycles. The van der Waals surface area contributed by atoms with Gasteiger partial charge in [-0.05, 0) is 29.0 Å². The number of esters is 2.